The zero-order chi connectivity index (χ0) is 20.4. The number of halogens is 3. The highest BCUT2D eigenvalue weighted by atomic mass is 19.4. The Morgan fingerprint density at radius 2 is 1.96 bits per heavy atom. The predicted molar refractivity (Wildman–Crippen MR) is 89.6 cm³/mol. The van der Waals surface area contributed by atoms with Crippen LogP contribution in [-0.2, 0) is 10.9 Å². The Bertz CT molecular complexity index is 716. The number of nitro groups is 1. The molecule has 0 radical (unpaired) electrons. The minimum atomic E-state index is -4.74. The predicted octanol–water partition coefficient (Wildman–Crippen LogP) is 4.39. The summed E-state index contributed by atoms with van der Waals surface area (Å²) in [6.07, 6.45) is -3.96. The van der Waals surface area contributed by atoms with Crippen LogP contribution in [0.3, 0.4) is 0 Å². The molecular weight excluding hydrogens is 369 g/mol. The highest BCUT2D eigenvalue weighted by Crippen LogP contribution is 2.35. The van der Waals surface area contributed by atoms with E-state index in [2.05, 4.69) is 0 Å². The lowest BCUT2D eigenvalue weighted by Crippen LogP contribution is -2.42. The third kappa shape index (κ3) is 5.73. The van der Waals surface area contributed by atoms with Crippen LogP contribution in [0.15, 0.2) is 18.2 Å². The van der Waals surface area contributed by atoms with Gasteiger partial charge in [-0.3, -0.25) is 10.1 Å². The lowest BCUT2D eigenvalue weighted by atomic mass is 10.2. The van der Waals surface area contributed by atoms with Gasteiger partial charge in [-0.05, 0) is 39.7 Å². The number of ether oxygens (including phenoxy) is 2. The van der Waals surface area contributed by atoms with Crippen molar-refractivity contribution in [2.75, 3.05) is 13.2 Å². The minimum Gasteiger partial charge on any atom is -0.491 e. The number of hydrogen-bond acceptors (Lipinski definition) is 5. The molecule has 1 aliphatic rings. The van der Waals surface area contributed by atoms with Crippen molar-refractivity contribution in [3.8, 4) is 5.75 Å². The summed E-state index contributed by atoms with van der Waals surface area (Å²) in [5.41, 5.74) is -2.55. The van der Waals surface area contributed by atoms with Crippen molar-refractivity contribution in [1.82, 2.24) is 4.90 Å². The van der Waals surface area contributed by atoms with E-state index >= 15 is 0 Å². The Balaban J connectivity index is 2.12. The minimum absolute atomic E-state index is 0.0856. The van der Waals surface area contributed by atoms with Crippen molar-refractivity contribution >= 4 is 11.8 Å². The monoisotopic (exact) mass is 390 g/mol. The zero-order valence-corrected chi connectivity index (χ0v) is 15.2. The van der Waals surface area contributed by atoms with Gasteiger partial charge < -0.3 is 14.4 Å². The van der Waals surface area contributed by atoms with Crippen LogP contribution in [0.4, 0.5) is 23.7 Å². The van der Waals surface area contributed by atoms with Crippen LogP contribution in [-0.4, -0.2) is 40.7 Å². The van der Waals surface area contributed by atoms with Gasteiger partial charge in [0.05, 0.1) is 22.6 Å². The summed E-state index contributed by atoms with van der Waals surface area (Å²) in [5, 5.41) is 10.9. The Kier molecular flexibility index (Phi) is 5.86. The molecule has 1 atom stereocenters. The van der Waals surface area contributed by atoms with Gasteiger partial charge in [0.15, 0.2) is 0 Å². The second-order valence-corrected chi connectivity index (χ2v) is 7.25. The molecule has 1 aromatic rings. The number of non-ortho nitro benzene ring substituents is 1. The van der Waals surface area contributed by atoms with E-state index in [-0.39, 0.29) is 18.4 Å². The summed E-state index contributed by atoms with van der Waals surface area (Å²) in [6.45, 7) is 5.56. The Labute approximate surface area is 154 Å². The molecule has 150 valence electrons. The number of hydrogen-bond donors (Lipinski definition) is 0. The number of carbonyl (C=O) groups excluding carboxylic acids is 1. The largest absolute Gasteiger partial charge is 0.491 e. The first-order valence-electron chi connectivity index (χ1n) is 8.36. The third-order valence-corrected chi connectivity index (χ3v) is 3.88. The van der Waals surface area contributed by atoms with Gasteiger partial charge in [0.2, 0.25) is 0 Å². The summed E-state index contributed by atoms with van der Waals surface area (Å²) >= 11 is 0. The molecule has 0 N–H and O–H groups in total. The number of amides is 1. The van der Waals surface area contributed by atoms with Crippen LogP contribution in [0, 0.1) is 10.1 Å². The van der Waals surface area contributed by atoms with E-state index in [1.807, 2.05) is 0 Å². The molecule has 1 heterocycles. The molecule has 1 unspecified atom stereocenters. The van der Waals surface area contributed by atoms with Gasteiger partial charge in [0.1, 0.15) is 18.0 Å². The topological polar surface area (TPSA) is 81.9 Å². The van der Waals surface area contributed by atoms with E-state index in [1.54, 1.807) is 20.8 Å². The number of alkyl halides is 3. The zero-order valence-electron chi connectivity index (χ0n) is 15.2. The highest BCUT2D eigenvalue weighted by Gasteiger charge is 2.35. The average Bonchev–Trinajstić information content (AvgIpc) is 2.98. The van der Waals surface area contributed by atoms with Crippen LogP contribution in [0.1, 0.15) is 39.2 Å². The van der Waals surface area contributed by atoms with Gasteiger partial charge >= 0.3 is 12.3 Å². The number of nitro benzene ring substituents is 1. The van der Waals surface area contributed by atoms with Crippen molar-refractivity contribution in [2.45, 2.75) is 51.4 Å². The maximum absolute atomic E-state index is 12.9. The van der Waals surface area contributed by atoms with Crippen molar-refractivity contribution in [3.05, 3.63) is 33.9 Å². The third-order valence-electron chi connectivity index (χ3n) is 3.88. The maximum atomic E-state index is 12.9. The molecule has 0 saturated carbocycles. The molecule has 1 aromatic carbocycles. The van der Waals surface area contributed by atoms with Crippen LogP contribution in [0.25, 0.3) is 0 Å². The average molecular weight is 390 g/mol. The molecule has 1 saturated heterocycles. The fourth-order valence-corrected chi connectivity index (χ4v) is 2.70. The van der Waals surface area contributed by atoms with Crippen LogP contribution in [0.2, 0.25) is 0 Å². The van der Waals surface area contributed by atoms with Crippen molar-refractivity contribution in [1.29, 1.82) is 0 Å². The molecule has 1 amide bonds. The van der Waals surface area contributed by atoms with E-state index in [0.29, 0.717) is 31.5 Å². The SMILES string of the molecule is CC(C)(C)OC(=O)N1CCCC1COc1cc([N+](=O)[O-])cc(C(F)(F)F)c1. The molecule has 0 aliphatic carbocycles. The second-order valence-electron chi connectivity index (χ2n) is 7.25. The highest BCUT2D eigenvalue weighted by molar-refractivity contribution is 5.69. The van der Waals surface area contributed by atoms with Gasteiger partial charge in [-0.25, -0.2) is 4.79 Å². The fraction of sp³-hybridized carbons (Fsp3) is 0.588. The van der Waals surface area contributed by atoms with E-state index in [9.17, 15) is 28.1 Å². The summed E-state index contributed by atoms with van der Waals surface area (Å²) in [6, 6.07) is 1.71. The quantitative estimate of drug-likeness (QED) is 0.562. The molecule has 2 rings (SSSR count). The van der Waals surface area contributed by atoms with Crippen LogP contribution >= 0.6 is 0 Å². The molecule has 1 aliphatic heterocycles. The van der Waals surface area contributed by atoms with Gasteiger partial charge in [0, 0.05) is 12.6 Å². The molecule has 0 aromatic heterocycles. The first-order valence-corrected chi connectivity index (χ1v) is 8.36. The molecule has 7 nitrogen and oxygen atoms in total. The van der Waals surface area contributed by atoms with Gasteiger partial charge in [-0.1, -0.05) is 0 Å². The van der Waals surface area contributed by atoms with Crippen molar-refractivity contribution < 1.29 is 32.4 Å². The van der Waals surface area contributed by atoms with Gasteiger partial charge in [-0.15, -0.1) is 0 Å². The number of rotatable bonds is 4. The normalized spacial score (nSPS) is 17.7. The van der Waals surface area contributed by atoms with Gasteiger partial charge in [0.25, 0.3) is 5.69 Å². The Morgan fingerprint density at radius 3 is 2.52 bits per heavy atom. The molecular formula is C17H21F3N2O5. The molecule has 1 fully saturated rings. The standard InChI is InChI=1S/C17H21F3N2O5/c1-16(2,3)27-15(23)21-6-4-5-12(21)10-26-14-8-11(17(18,19)20)7-13(9-14)22(24)25/h7-9,12H,4-6,10H2,1-3H3. The lowest BCUT2D eigenvalue weighted by molar-refractivity contribution is -0.385. The summed E-state index contributed by atoms with van der Waals surface area (Å²) < 4.78 is 49.5. The first kappa shape index (κ1) is 20.8. The molecule has 10 heteroatoms. The van der Waals surface area contributed by atoms with Crippen LogP contribution < -0.4 is 4.74 Å². The van der Waals surface area contributed by atoms with Crippen LogP contribution in [0.5, 0.6) is 5.75 Å². The number of nitrogens with zero attached hydrogens (tertiary/aromatic N) is 2. The lowest BCUT2D eigenvalue weighted by Gasteiger charge is -2.28. The van der Waals surface area contributed by atoms with Gasteiger partial charge in [-0.2, -0.15) is 13.2 Å². The molecule has 27 heavy (non-hydrogen) atoms. The Hall–Kier alpha value is -2.52. The number of likely N-dealkylation sites (tertiary alicyclic amines) is 1. The first-order chi connectivity index (χ1) is 12.4. The van der Waals surface area contributed by atoms with Crippen molar-refractivity contribution in [2.24, 2.45) is 0 Å². The second kappa shape index (κ2) is 7.61. The summed E-state index contributed by atoms with van der Waals surface area (Å²) in [5.74, 6) is -0.271. The smallest absolute Gasteiger partial charge is 0.416 e. The Morgan fingerprint density at radius 1 is 1.30 bits per heavy atom. The molecule has 0 spiro atoms. The van der Waals surface area contributed by atoms with E-state index < -0.39 is 34.0 Å². The number of benzene rings is 1. The van der Waals surface area contributed by atoms with E-state index in [1.165, 1.54) is 4.90 Å². The maximum Gasteiger partial charge on any atom is 0.416 e. The molecule has 0 bridgehead atoms. The van der Waals surface area contributed by atoms with E-state index in [0.717, 1.165) is 6.07 Å². The summed E-state index contributed by atoms with van der Waals surface area (Å²) in [4.78, 5) is 23.7. The summed E-state index contributed by atoms with van der Waals surface area (Å²) in [7, 11) is 0. The fourth-order valence-electron chi connectivity index (χ4n) is 2.70. The number of carbonyl (C=O) groups is 1. The van der Waals surface area contributed by atoms with E-state index in [4.69, 9.17) is 9.47 Å². The van der Waals surface area contributed by atoms with Crippen molar-refractivity contribution in [3.63, 3.8) is 0 Å².